The molecule has 1 aliphatic heterocycles. The lowest BCUT2D eigenvalue weighted by molar-refractivity contribution is 0.111. The van der Waals surface area contributed by atoms with Crippen molar-refractivity contribution >= 4 is 27.8 Å². The van der Waals surface area contributed by atoms with Gasteiger partial charge in [-0.2, -0.15) is 0 Å². The van der Waals surface area contributed by atoms with Crippen LogP contribution in [-0.2, 0) is 4.74 Å². The highest BCUT2D eigenvalue weighted by Gasteiger charge is 2.33. The minimum atomic E-state index is 0.201. The van der Waals surface area contributed by atoms with Crippen LogP contribution in [0.3, 0.4) is 0 Å². The lowest BCUT2D eigenvalue weighted by Gasteiger charge is -2.03. The van der Waals surface area contributed by atoms with Gasteiger partial charge in [0.25, 0.3) is 0 Å². The smallest absolute Gasteiger partial charge is 0.180 e. The molecule has 1 aliphatic carbocycles. The summed E-state index contributed by atoms with van der Waals surface area (Å²) in [6, 6.07) is 0. The quantitative estimate of drug-likeness (QED) is 0.939. The van der Waals surface area contributed by atoms with Crippen LogP contribution in [0.1, 0.15) is 48.4 Å². The molecule has 4 nitrogen and oxygen atoms in total. The molecule has 0 bridgehead atoms. The van der Waals surface area contributed by atoms with E-state index in [1.54, 1.807) is 11.3 Å². The van der Waals surface area contributed by atoms with E-state index in [0.717, 1.165) is 30.2 Å². The molecule has 2 N–H and O–H groups in total. The van der Waals surface area contributed by atoms with Crippen LogP contribution in [0.4, 0.5) is 5.13 Å². The molecule has 1 saturated carbocycles. The van der Waals surface area contributed by atoms with Crippen molar-refractivity contribution in [1.29, 1.82) is 0 Å². The molecule has 2 aliphatic rings. The van der Waals surface area contributed by atoms with Crippen LogP contribution in [0, 0.1) is 0 Å². The van der Waals surface area contributed by atoms with E-state index in [9.17, 15) is 0 Å². The average Bonchev–Trinajstić information content (AvgIpc) is 2.87. The summed E-state index contributed by atoms with van der Waals surface area (Å²) in [6.45, 7) is 0.863. The third kappa shape index (κ3) is 2.17. The van der Waals surface area contributed by atoms with Crippen LogP contribution in [-0.4, -0.2) is 16.6 Å². The van der Waals surface area contributed by atoms with Crippen molar-refractivity contribution in [3.05, 3.63) is 16.1 Å². The molecule has 2 aromatic rings. The van der Waals surface area contributed by atoms with Crippen LogP contribution in [0.25, 0.3) is 10.6 Å². The Morgan fingerprint density at radius 1 is 1.26 bits per heavy atom. The molecule has 0 spiro atoms. The molecule has 2 fully saturated rings. The number of ether oxygens (including phenoxy) is 1. The molecule has 1 unspecified atom stereocenters. The van der Waals surface area contributed by atoms with Crippen molar-refractivity contribution in [2.24, 2.45) is 0 Å². The number of nitrogen functional groups attached to an aromatic ring is 1. The maximum Gasteiger partial charge on any atom is 0.180 e. The Morgan fingerprint density at radius 3 is 2.79 bits per heavy atom. The number of hydrogen-bond acceptors (Lipinski definition) is 6. The monoisotopic (exact) mass is 293 g/mol. The standard InChI is InChI=1S/C13H15N3OS2/c14-13-15-8(6-18-13)11-10(7-3-4-7)16-12(19-11)9-2-1-5-17-9/h6-7,9H,1-5H2,(H2,14,15). The highest BCUT2D eigenvalue weighted by molar-refractivity contribution is 7.16. The second-order valence-electron chi connectivity index (χ2n) is 5.11. The van der Waals surface area contributed by atoms with E-state index in [0.29, 0.717) is 11.0 Å². The minimum absolute atomic E-state index is 0.201. The van der Waals surface area contributed by atoms with E-state index >= 15 is 0 Å². The van der Waals surface area contributed by atoms with E-state index in [1.807, 2.05) is 5.38 Å². The highest BCUT2D eigenvalue weighted by atomic mass is 32.1. The fourth-order valence-electron chi connectivity index (χ4n) is 2.47. The Kier molecular flexibility index (Phi) is 2.82. The number of nitrogens with two attached hydrogens (primary N) is 1. The molecule has 0 aromatic carbocycles. The summed E-state index contributed by atoms with van der Waals surface area (Å²) in [6.07, 6.45) is 4.94. The zero-order valence-electron chi connectivity index (χ0n) is 10.5. The van der Waals surface area contributed by atoms with Crippen LogP contribution in [0.15, 0.2) is 5.38 Å². The number of rotatable bonds is 3. The zero-order chi connectivity index (χ0) is 12.8. The van der Waals surface area contributed by atoms with E-state index < -0.39 is 0 Å². The van der Waals surface area contributed by atoms with E-state index in [-0.39, 0.29) is 6.10 Å². The molecule has 100 valence electrons. The molecule has 2 aromatic heterocycles. The Hall–Kier alpha value is -0.980. The second-order valence-corrected chi connectivity index (χ2v) is 7.03. The molecule has 0 amide bonds. The largest absolute Gasteiger partial charge is 0.375 e. The maximum atomic E-state index is 5.75. The third-order valence-corrected chi connectivity index (χ3v) is 5.45. The van der Waals surface area contributed by atoms with Gasteiger partial charge in [0.1, 0.15) is 11.1 Å². The first kappa shape index (κ1) is 11.8. The molecule has 1 atom stereocenters. The lowest BCUT2D eigenvalue weighted by Crippen LogP contribution is -1.95. The average molecular weight is 293 g/mol. The lowest BCUT2D eigenvalue weighted by atomic mass is 10.2. The Morgan fingerprint density at radius 2 is 2.16 bits per heavy atom. The van der Waals surface area contributed by atoms with Gasteiger partial charge in [-0.05, 0) is 25.7 Å². The Bertz CT molecular complexity index is 597. The minimum Gasteiger partial charge on any atom is -0.375 e. The van der Waals surface area contributed by atoms with Crippen LogP contribution >= 0.6 is 22.7 Å². The fourth-order valence-corrected chi connectivity index (χ4v) is 4.29. The molecule has 4 rings (SSSR count). The predicted molar refractivity (Wildman–Crippen MR) is 77.5 cm³/mol. The molecule has 1 saturated heterocycles. The van der Waals surface area contributed by atoms with Crippen molar-refractivity contribution in [1.82, 2.24) is 9.97 Å². The first-order valence-corrected chi connectivity index (χ1v) is 8.34. The fraction of sp³-hybridized carbons (Fsp3) is 0.538. The van der Waals surface area contributed by atoms with Crippen molar-refractivity contribution in [3.8, 4) is 10.6 Å². The number of anilines is 1. The van der Waals surface area contributed by atoms with Gasteiger partial charge in [0.2, 0.25) is 0 Å². The first-order chi connectivity index (χ1) is 9.31. The van der Waals surface area contributed by atoms with Gasteiger partial charge in [-0.15, -0.1) is 22.7 Å². The van der Waals surface area contributed by atoms with Gasteiger partial charge < -0.3 is 10.5 Å². The molecular formula is C13H15N3OS2. The first-order valence-electron chi connectivity index (χ1n) is 6.65. The van der Waals surface area contributed by atoms with Gasteiger partial charge in [-0.1, -0.05) is 0 Å². The normalized spacial score (nSPS) is 23.1. The summed E-state index contributed by atoms with van der Waals surface area (Å²) in [5.74, 6) is 0.629. The van der Waals surface area contributed by atoms with Crippen LogP contribution in [0.2, 0.25) is 0 Å². The van der Waals surface area contributed by atoms with Gasteiger partial charge >= 0.3 is 0 Å². The number of nitrogens with zero attached hydrogens (tertiary/aromatic N) is 2. The van der Waals surface area contributed by atoms with Crippen molar-refractivity contribution in [2.45, 2.75) is 37.7 Å². The van der Waals surface area contributed by atoms with Crippen molar-refractivity contribution < 1.29 is 4.74 Å². The van der Waals surface area contributed by atoms with Gasteiger partial charge in [-0.3, -0.25) is 0 Å². The van der Waals surface area contributed by atoms with E-state index in [1.165, 1.54) is 34.7 Å². The van der Waals surface area contributed by atoms with E-state index in [2.05, 4.69) is 4.98 Å². The predicted octanol–water partition coefficient (Wildman–Crippen LogP) is 3.58. The Balaban J connectivity index is 1.75. The summed E-state index contributed by atoms with van der Waals surface area (Å²) < 4.78 is 5.75. The van der Waals surface area contributed by atoms with Gasteiger partial charge in [0.15, 0.2) is 5.13 Å². The maximum absolute atomic E-state index is 5.75. The number of hydrogen-bond donors (Lipinski definition) is 1. The highest BCUT2D eigenvalue weighted by Crippen LogP contribution is 2.48. The van der Waals surface area contributed by atoms with Crippen LogP contribution < -0.4 is 5.73 Å². The van der Waals surface area contributed by atoms with Gasteiger partial charge in [-0.25, -0.2) is 9.97 Å². The van der Waals surface area contributed by atoms with Crippen molar-refractivity contribution in [2.75, 3.05) is 12.3 Å². The Labute approximate surface area is 119 Å². The zero-order valence-corrected chi connectivity index (χ0v) is 12.1. The number of thiazole rings is 2. The summed E-state index contributed by atoms with van der Waals surface area (Å²) in [5.41, 5.74) is 7.97. The summed E-state index contributed by atoms with van der Waals surface area (Å²) in [4.78, 5) is 10.5. The summed E-state index contributed by atoms with van der Waals surface area (Å²) >= 11 is 3.24. The molecular weight excluding hydrogens is 278 g/mol. The topological polar surface area (TPSA) is 61.0 Å². The molecule has 3 heterocycles. The third-order valence-electron chi connectivity index (χ3n) is 3.59. The second kappa shape index (κ2) is 4.54. The van der Waals surface area contributed by atoms with Gasteiger partial charge in [0, 0.05) is 17.9 Å². The van der Waals surface area contributed by atoms with E-state index in [4.69, 9.17) is 15.5 Å². The summed E-state index contributed by atoms with van der Waals surface area (Å²) in [7, 11) is 0. The number of aromatic nitrogens is 2. The van der Waals surface area contributed by atoms with Crippen LogP contribution in [0.5, 0.6) is 0 Å². The van der Waals surface area contributed by atoms with Crippen molar-refractivity contribution in [3.63, 3.8) is 0 Å². The molecule has 19 heavy (non-hydrogen) atoms. The molecule has 0 radical (unpaired) electrons. The van der Waals surface area contributed by atoms with Gasteiger partial charge in [0.05, 0.1) is 16.3 Å². The SMILES string of the molecule is Nc1nc(-c2sc(C3CCCO3)nc2C2CC2)cs1. The summed E-state index contributed by atoms with van der Waals surface area (Å²) in [5, 5.41) is 3.79. The molecule has 6 heteroatoms.